The van der Waals surface area contributed by atoms with Gasteiger partial charge in [0.25, 0.3) is 0 Å². The van der Waals surface area contributed by atoms with E-state index in [0.29, 0.717) is 0 Å². The van der Waals surface area contributed by atoms with Crippen LogP contribution in [0.1, 0.15) is 10.4 Å². The summed E-state index contributed by atoms with van der Waals surface area (Å²) in [6.45, 7) is 0. The van der Waals surface area contributed by atoms with Crippen molar-refractivity contribution in [1.29, 1.82) is 0 Å². The summed E-state index contributed by atoms with van der Waals surface area (Å²) in [5.74, 6) is -1.44. The van der Waals surface area contributed by atoms with E-state index in [2.05, 4.69) is 0 Å². The number of aromatic carboxylic acids is 1. The summed E-state index contributed by atoms with van der Waals surface area (Å²) in [6.07, 6.45) is 0. The maximum atomic E-state index is 10.5. The van der Waals surface area contributed by atoms with Crippen LogP contribution in [-0.4, -0.2) is 24.0 Å². The van der Waals surface area contributed by atoms with Crippen LogP contribution in [-0.2, 0) is 10.1 Å². The van der Waals surface area contributed by atoms with E-state index in [9.17, 15) is 17.8 Å². The normalized spacial score (nSPS) is 10.4. The Morgan fingerprint density at radius 1 is 1.29 bits per heavy atom. The molecule has 0 amide bonds. The van der Waals surface area contributed by atoms with Crippen molar-refractivity contribution in [3.05, 3.63) is 29.8 Å². The molecule has 0 bridgehead atoms. The summed E-state index contributed by atoms with van der Waals surface area (Å²) in [4.78, 5) is 9.76. The predicted octanol–water partition coefficient (Wildman–Crippen LogP) is -2.71. The molecule has 0 aliphatic heterocycles. The van der Waals surface area contributed by atoms with E-state index in [1.54, 1.807) is 0 Å². The van der Waals surface area contributed by atoms with Crippen LogP contribution in [0.15, 0.2) is 29.2 Å². The minimum atomic E-state index is -4.71. The second kappa shape index (κ2) is 5.36. The summed E-state index contributed by atoms with van der Waals surface area (Å²) in [5, 5.41) is 8.53. The second-order valence-electron chi connectivity index (χ2n) is 2.26. The van der Waals surface area contributed by atoms with Crippen molar-refractivity contribution >= 4 is 16.1 Å². The molecule has 0 spiro atoms. The monoisotopic (exact) mass is 240 g/mol. The second-order valence-corrected chi connectivity index (χ2v) is 3.60. The van der Waals surface area contributed by atoms with Crippen LogP contribution in [0.4, 0.5) is 0 Å². The van der Waals surface area contributed by atoms with Gasteiger partial charge in [-0.15, -0.1) is 0 Å². The molecule has 0 aliphatic rings. The molecular weight excluding hydrogens is 235 g/mol. The number of carboxylic acid groups (broad SMARTS) is 1. The number of carbonyl (C=O) groups is 1. The molecule has 0 unspecified atom stereocenters. The van der Waals surface area contributed by atoms with E-state index in [1.807, 2.05) is 0 Å². The quantitative estimate of drug-likeness (QED) is 0.448. The van der Waals surface area contributed by atoms with Crippen LogP contribution in [0.25, 0.3) is 0 Å². The molecule has 7 heteroatoms. The van der Waals surface area contributed by atoms with Crippen LogP contribution < -0.4 is 51.4 Å². The summed E-state index contributed by atoms with van der Waals surface area (Å²) in [7, 11) is -4.71. The first-order valence-electron chi connectivity index (χ1n) is 3.21. The van der Waals surface area contributed by atoms with Gasteiger partial charge in [0.1, 0.15) is 10.1 Å². The third-order valence-electron chi connectivity index (χ3n) is 1.39. The van der Waals surface area contributed by atoms with E-state index >= 15 is 0 Å². The third kappa shape index (κ3) is 3.43. The zero-order valence-corrected chi connectivity index (χ0v) is 11.2. The molecular formula is C7H5KO5S. The SMILES string of the molecule is O=C(O)c1ccccc1S(=O)(=O)[O-].[K+]. The van der Waals surface area contributed by atoms with Crippen LogP contribution in [0, 0.1) is 0 Å². The number of benzene rings is 1. The fraction of sp³-hybridized carbons (Fsp3) is 0. The van der Waals surface area contributed by atoms with Gasteiger partial charge in [-0.2, -0.15) is 0 Å². The Balaban J connectivity index is 0.00000169. The molecule has 0 radical (unpaired) electrons. The van der Waals surface area contributed by atoms with E-state index in [1.165, 1.54) is 12.1 Å². The Morgan fingerprint density at radius 3 is 2.14 bits per heavy atom. The molecule has 1 aromatic carbocycles. The van der Waals surface area contributed by atoms with Gasteiger partial charge < -0.3 is 9.66 Å². The van der Waals surface area contributed by atoms with Crippen molar-refractivity contribution in [1.82, 2.24) is 0 Å². The summed E-state index contributed by atoms with van der Waals surface area (Å²) in [5.41, 5.74) is -0.502. The number of carboxylic acids is 1. The number of hydrogen-bond donors (Lipinski definition) is 1. The van der Waals surface area contributed by atoms with Gasteiger partial charge in [0.15, 0.2) is 0 Å². The van der Waals surface area contributed by atoms with Gasteiger partial charge in [-0.3, -0.25) is 0 Å². The Morgan fingerprint density at radius 2 is 1.79 bits per heavy atom. The molecule has 0 fully saturated rings. The van der Waals surface area contributed by atoms with Gasteiger partial charge >= 0.3 is 57.4 Å². The van der Waals surface area contributed by atoms with Gasteiger partial charge in [-0.25, -0.2) is 13.2 Å². The van der Waals surface area contributed by atoms with Crippen molar-refractivity contribution in [2.45, 2.75) is 4.90 Å². The molecule has 1 rings (SSSR count). The van der Waals surface area contributed by atoms with Gasteiger partial charge in [0, 0.05) is 0 Å². The minimum absolute atomic E-state index is 0. The molecule has 0 atom stereocenters. The van der Waals surface area contributed by atoms with Crippen molar-refractivity contribution in [3.8, 4) is 0 Å². The number of hydrogen-bond acceptors (Lipinski definition) is 4. The minimum Gasteiger partial charge on any atom is -0.744 e. The van der Waals surface area contributed by atoms with Crippen LogP contribution in [0.5, 0.6) is 0 Å². The van der Waals surface area contributed by atoms with Gasteiger partial charge in [0.2, 0.25) is 0 Å². The van der Waals surface area contributed by atoms with Gasteiger partial charge in [0.05, 0.1) is 10.5 Å². The molecule has 0 aromatic heterocycles. The largest absolute Gasteiger partial charge is 1.00 e. The molecule has 5 nitrogen and oxygen atoms in total. The van der Waals surface area contributed by atoms with Crippen LogP contribution in [0.3, 0.4) is 0 Å². The fourth-order valence-electron chi connectivity index (χ4n) is 0.861. The topological polar surface area (TPSA) is 94.5 Å². The van der Waals surface area contributed by atoms with Crippen molar-refractivity contribution < 1.29 is 74.3 Å². The van der Waals surface area contributed by atoms with E-state index in [4.69, 9.17) is 5.11 Å². The molecule has 1 N–H and O–H groups in total. The molecule has 0 aliphatic carbocycles. The van der Waals surface area contributed by atoms with E-state index < -0.39 is 26.5 Å². The fourth-order valence-corrected chi connectivity index (χ4v) is 1.53. The zero-order chi connectivity index (χ0) is 10.1. The van der Waals surface area contributed by atoms with Gasteiger partial charge in [-0.05, 0) is 12.1 Å². The Labute approximate surface area is 123 Å². The molecule has 1 aromatic rings. The van der Waals surface area contributed by atoms with Crippen LogP contribution in [0.2, 0.25) is 0 Å². The maximum absolute atomic E-state index is 10.5. The zero-order valence-electron chi connectivity index (χ0n) is 7.30. The predicted molar refractivity (Wildman–Crippen MR) is 41.4 cm³/mol. The smallest absolute Gasteiger partial charge is 0.744 e. The first-order chi connectivity index (χ1) is 5.93. The molecule has 14 heavy (non-hydrogen) atoms. The van der Waals surface area contributed by atoms with Crippen molar-refractivity contribution in [3.63, 3.8) is 0 Å². The van der Waals surface area contributed by atoms with Crippen molar-refractivity contribution in [2.24, 2.45) is 0 Å². The van der Waals surface area contributed by atoms with E-state index in [0.717, 1.165) is 12.1 Å². The molecule has 0 saturated carbocycles. The maximum Gasteiger partial charge on any atom is 1.00 e. The standard InChI is InChI=1S/C7H6O5S.K/c8-7(9)5-3-1-2-4-6(5)13(10,11)12;/h1-4H,(H,8,9)(H,10,11,12);/q;+1/p-1. The Bertz CT molecular complexity index is 439. The first-order valence-corrected chi connectivity index (χ1v) is 4.62. The molecule has 0 saturated heterocycles. The Kier molecular flexibility index (Phi) is 5.45. The van der Waals surface area contributed by atoms with E-state index in [-0.39, 0.29) is 51.4 Å². The average molecular weight is 240 g/mol. The third-order valence-corrected chi connectivity index (χ3v) is 2.28. The average Bonchev–Trinajstić information content (AvgIpc) is 2.03. The first kappa shape index (κ1) is 14.2. The van der Waals surface area contributed by atoms with Crippen molar-refractivity contribution in [2.75, 3.05) is 0 Å². The molecule has 70 valence electrons. The summed E-state index contributed by atoms with van der Waals surface area (Å²) >= 11 is 0. The van der Waals surface area contributed by atoms with Crippen LogP contribution >= 0.6 is 0 Å². The molecule has 0 heterocycles. The number of rotatable bonds is 2. The summed E-state index contributed by atoms with van der Waals surface area (Å²) < 4.78 is 31.6. The van der Waals surface area contributed by atoms with Gasteiger partial charge in [-0.1, -0.05) is 12.1 Å². The summed E-state index contributed by atoms with van der Waals surface area (Å²) in [6, 6.07) is 4.66. The Hall–Kier alpha value is 0.236.